The van der Waals surface area contributed by atoms with Crippen molar-refractivity contribution >= 4 is 12.0 Å². The number of piperidine rings is 1. The van der Waals surface area contributed by atoms with Gasteiger partial charge in [0.05, 0.1) is 0 Å². The van der Waals surface area contributed by atoms with Crippen LogP contribution in [0.1, 0.15) is 141 Å². The van der Waals surface area contributed by atoms with Gasteiger partial charge in [-0.1, -0.05) is 118 Å². The Morgan fingerprint density at radius 3 is 2.05 bits per heavy atom. The maximum atomic E-state index is 11.6. The average molecular weight is 612 g/mol. The zero-order chi connectivity index (χ0) is 33.1. The van der Waals surface area contributed by atoms with E-state index in [0.717, 1.165) is 64.0 Å². The van der Waals surface area contributed by atoms with E-state index in [4.69, 9.17) is 0 Å². The molecule has 1 saturated heterocycles. The Kier molecular flexibility index (Phi) is 26.2. The third kappa shape index (κ3) is 17.0. The van der Waals surface area contributed by atoms with Gasteiger partial charge in [0.1, 0.15) is 6.29 Å². The second-order valence-corrected chi connectivity index (χ2v) is 12.4. The lowest BCUT2D eigenvalue weighted by molar-refractivity contribution is 0.0834. The molecule has 0 N–H and O–H groups in total. The minimum Gasteiger partial charge on any atom is -0.370 e. The number of rotatable bonds is 22. The van der Waals surface area contributed by atoms with Crippen LogP contribution in [-0.4, -0.2) is 68.4 Å². The maximum Gasteiger partial charge on any atom is 0.150 e. The van der Waals surface area contributed by atoms with E-state index in [2.05, 4.69) is 74.6 Å². The highest BCUT2D eigenvalue weighted by Crippen LogP contribution is 2.39. The van der Waals surface area contributed by atoms with Crippen LogP contribution in [0, 0.1) is 5.41 Å². The van der Waals surface area contributed by atoms with E-state index < -0.39 is 0 Å². The molecular formula is C40H73N3O. The molecule has 0 atom stereocenters. The molecule has 44 heavy (non-hydrogen) atoms. The molecule has 0 amide bonds. The van der Waals surface area contributed by atoms with Gasteiger partial charge in [0.25, 0.3) is 0 Å². The lowest BCUT2D eigenvalue weighted by Gasteiger charge is -2.42. The summed E-state index contributed by atoms with van der Waals surface area (Å²) in [6.07, 6.45) is 21.4. The lowest BCUT2D eigenvalue weighted by Crippen LogP contribution is -2.44. The second kappa shape index (κ2) is 27.4. The topological polar surface area (TPSA) is 26.8 Å². The van der Waals surface area contributed by atoms with Crippen molar-refractivity contribution in [1.82, 2.24) is 9.80 Å². The number of nitrogens with zero attached hydrogens (tertiary/aromatic N) is 3. The van der Waals surface area contributed by atoms with Gasteiger partial charge in [-0.25, -0.2) is 0 Å². The molecule has 254 valence electrons. The first-order chi connectivity index (χ1) is 21.5. The number of aryl methyl sites for hydroxylation is 1. The number of hydrogen-bond donors (Lipinski definition) is 0. The van der Waals surface area contributed by atoms with Gasteiger partial charge in [-0.15, -0.1) is 13.2 Å². The minimum atomic E-state index is 0.586. The Morgan fingerprint density at radius 1 is 0.841 bits per heavy atom. The van der Waals surface area contributed by atoms with Crippen molar-refractivity contribution in [3.8, 4) is 0 Å². The van der Waals surface area contributed by atoms with Gasteiger partial charge in [0.15, 0.2) is 0 Å². The first-order valence-corrected chi connectivity index (χ1v) is 18.5. The maximum absolute atomic E-state index is 11.6. The van der Waals surface area contributed by atoms with Crippen molar-refractivity contribution in [3.05, 3.63) is 54.6 Å². The molecule has 0 aromatic heterocycles. The molecule has 0 bridgehead atoms. The van der Waals surface area contributed by atoms with E-state index in [0.29, 0.717) is 5.41 Å². The number of anilines is 1. The molecule has 0 aliphatic carbocycles. The van der Waals surface area contributed by atoms with Crippen LogP contribution in [0.3, 0.4) is 0 Å². The smallest absolute Gasteiger partial charge is 0.150 e. The predicted molar refractivity (Wildman–Crippen MR) is 199 cm³/mol. The van der Waals surface area contributed by atoms with Crippen LogP contribution in [0.25, 0.3) is 0 Å². The largest absolute Gasteiger partial charge is 0.370 e. The summed E-state index contributed by atoms with van der Waals surface area (Å²) in [6, 6.07) is 6.24. The molecule has 1 aromatic rings. The van der Waals surface area contributed by atoms with Crippen LogP contribution in [0.15, 0.2) is 43.5 Å². The summed E-state index contributed by atoms with van der Waals surface area (Å²) < 4.78 is 0. The molecule has 0 unspecified atom stereocenters. The fourth-order valence-electron chi connectivity index (χ4n) is 6.26. The van der Waals surface area contributed by atoms with Crippen LogP contribution < -0.4 is 4.90 Å². The van der Waals surface area contributed by atoms with Gasteiger partial charge in [-0.2, -0.15) is 0 Å². The van der Waals surface area contributed by atoms with E-state index in [9.17, 15) is 4.79 Å². The van der Waals surface area contributed by atoms with Crippen LogP contribution in [0.5, 0.6) is 0 Å². The summed E-state index contributed by atoms with van der Waals surface area (Å²) in [5, 5.41) is 0. The highest BCUT2D eigenvalue weighted by atomic mass is 16.1. The first-order valence-electron chi connectivity index (χ1n) is 18.5. The molecule has 1 aliphatic heterocycles. The number of hydrogen-bond acceptors (Lipinski definition) is 4. The Hall–Kier alpha value is -1.91. The quantitative estimate of drug-likeness (QED) is 0.0740. The monoisotopic (exact) mass is 612 g/mol. The Bertz CT molecular complexity index is 841. The van der Waals surface area contributed by atoms with Gasteiger partial charge in [0, 0.05) is 50.5 Å². The number of benzene rings is 1. The van der Waals surface area contributed by atoms with Crippen molar-refractivity contribution in [3.63, 3.8) is 0 Å². The number of likely N-dealkylation sites (tertiary alicyclic amines) is 1. The molecular weight excluding hydrogens is 538 g/mol. The summed E-state index contributed by atoms with van der Waals surface area (Å²) in [5.41, 5.74) is 3.93. The Morgan fingerprint density at radius 2 is 1.52 bits per heavy atom. The third-order valence-electron chi connectivity index (χ3n) is 9.20. The Labute approximate surface area is 275 Å². The van der Waals surface area contributed by atoms with E-state index in [1.54, 1.807) is 0 Å². The molecule has 1 aromatic carbocycles. The summed E-state index contributed by atoms with van der Waals surface area (Å²) in [7, 11) is 0. The SMILES string of the molecule is C=CCCN(CCN(CC=C)CCN1CCC(CC)(CCC)CC1)c1cc(C=O)ccc1CCCCC.CC.CCCCC. The van der Waals surface area contributed by atoms with Gasteiger partial charge >= 0.3 is 0 Å². The van der Waals surface area contributed by atoms with Crippen molar-refractivity contribution in [2.24, 2.45) is 5.41 Å². The van der Waals surface area contributed by atoms with Gasteiger partial charge in [-0.3, -0.25) is 9.69 Å². The zero-order valence-corrected chi connectivity index (χ0v) is 30.5. The van der Waals surface area contributed by atoms with Crippen LogP contribution in [0.2, 0.25) is 0 Å². The standard InChI is InChI=1S/C33H55N3O.C5H12.C2H6/c1-6-11-13-14-31-16-15-30(29-37)28-32(31)36(21-12-7-2)27-26-34(20-9-4)24-25-35-22-18-33(10-5,17-8-3)19-23-35;1-3-5-4-2;1-2/h7,9,15-16,28-29H,2,4,6,8,10-14,17-27H2,1,3,5H3;3-5H2,1-2H3;1-2H3. The third-order valence-corrected chi connectivity index (χ3v) is 9.20. The molecule has 0 saturated carbocycles. The van der Waals surface area contributed by atoms with Gasteiger partial charge in [-0.05, 0) is 68.7 Å². The van der Waals surface area contributed by atoms with Gasteiger partial charge in [0.2, 0.25) is 0 Å². The van der Waals surface area contributed by atoms with E-state index in [1.807, 2.05) is 32.1 Å². The van der Waals surface area contributed by atoms with E-state index >= 15 is 0 Å². The average Bonchev–Trinajstić information content (AvgIpc) is 3.06. The summed E-state index contributed by atoms with van der Waals surface area (Å²) in [4.78, 5) is 19.3. The summed E-state index contributed by atoms with van der Waals surface area (Å²) in [5.74, 6) is 0. The highest BCUT2D eigenvalue weighted by Gasteiger charge is 2.31. The van der Waals surface area contributed by atoms with Crippen molar-refractivity contribution in [2.45, 2.75) is 132 Å². The minimum absolute atomic E-state index is 0.586. The molecule has 1 heterocycles. The van der Waals surface area contributed by atoms with Crippen molar-refractivity contribution < 1.29 is 4.79 Å². The lowest BCUT2D eigenvalue weighted by atomic mass is 9.73. The van der Waals surface area contributed by atoms with Crippen LogP contribution in [0.4, 0.5) is 5.69 Å². The normalized spacial score (nSPS) is 14.2. The van der Waals surface area contributed by atoms with E-state index in [1.165, 1.54) is 95.0 Å². The fraction of sp³-hybridized carbons (Fsp3) is 0.725. The number of carbonyl (C=O) groups is 1. The first kappa shape index (κ1) is 42.1. The van der Waals surface area contributed by atoms with Gasteiger partial charge < -0.3 is 9.80 Å². The molecule has 0 radical (unpaired) electrons. The molecule has 1 fully saturated rings. The van der Waals surface area contributed by atoms with Crippen LogP contribution >= 0.6 is 0 Å². The molecule has 4 nitrogen and oxygen atoms in total. The molecule has 2 rings (SSSR count). The Balaban J connectivity index is 0.00000239. The molecule has 4 heteroatoms. The molecule has 0 spiro atoms. The number of carbonyl (C=O) groups excluding carboxylic acids is 1. The second-order valence-electron chi connectivity index (χ2n) is 12.4. The number of aldehydes is 1. The molecule has 1 aliphatic rings. The summed E-state index contributed by atoms with van der Waals surface area (Å²) in [6.45, 7) is 31.8. The predicted octanol–water partition coefficient (Wildman–Crippen LogP) is 10.6. The zero-order valence-electron chi connectivity index (χ0n) is 30.5. The van der Waals surface area contributed by atoms with Crippen molar-refractivity contribution in [2.75, 3.05) is 57.3 Å². The van der Waals surface area contributed by atoms with Crippen LogP contribution in [-0.2, 0) is 6.42 Å². The summed E-state index contributed by atoms with van der Waals surface area (Å²) >= 11 is 0. The van der Waals surface area contributed by atoms with Crippen molar-refractivity contribution in [1.29, 1.82) is 0 Å². The highest BCUT2D eigenvalue weighted by molar-refractivity contribution is 5.78. The van der Waals surface area contributed by atoms with E-state index in [-0.39, 0.29) is 0 Å². The fourth-order valence-corrected chi connectivity index (χ4v) is 6.26. The number of unbranched alkanes of at least 4 members (excludes halogenated alkanes) is 4.